The van der Waals surface area contributed by atoms with Gasteiger partial charge in [0.25, 0.3) is 0 Å². The van der Waals surface area contributed by atoms with Gasteiger partial charge in [-0.25, -0.2) is 9.38 Å². The lowest BCUT2D eigenvalue weighted by molar-refractivity contribution is 0.0177. The fourth-order valence-electron chi connectivity index (χ4n) is 3.67. The van der Waals surface area contributed by atoms with E-state index in [9.17, 15) is 4.39 Å². The van der Waals surface area contributed by atoms with Crippen LogP contribution in [-0.2, 0) is 17.8 Å². The van der Waals surface area contributed by atoms with E-state index in [-0.39, 0.29) is 11.9 Å². The predicted molar refractivity (Wildman–Crippen MR) is 126 cm³/mol. The lowest BCUT2D eigenvalue weighted by atomic mass is 10.1. The Hall–Kier alpha value is -2.00. The van der Waals surface area contributed by atoms with E-state index in [1.807, 2.05) is 31.1 Å². The Morgan fingerprint density at radius 3 is 2.74 bits per heavy atom. The molecule has 3 rings (SSSR count). The minimum atomic E-state index is -0.171. The maximum atomic E-state index is 14.1. The van der Waals surface area contributed by atoms with Gasteiger partial charge in [0.1, 0.15) is 5.82 Å². The highest BCUT2D eigenvalue weighted by Gasteiger charge is 2.23. The van der Waals surface area contributed by atoms with Crippen LogP contribution in [0.2, 0.25) is 0 Å². The van der Waals surface area contributed by atoms with E-state index in [4.69, 9.17) is 9.73 Å². The van der Waals surface area contributed by atoms with Crippen molar-refractivity contribution < 1.29 is 9.13 Å². The van der Waals surface area contributed by atoms with Crippen LogP contribution in [0, 0.1) is 5.82 Å². The largest absolute Gasteiger partial charge is 0.379 e. The number of halogens is 1. The molecule has 1 aromatic carbocycles. The number of guanidine groups is 1. The van der Waals surface area contributed by atoms with Crippen LogP contribution in [0.25, 0.3) is 0 Å². The van der Waals surface area contributed by atoms with Gasteiger partial charge in [0, 0.05) is 43.2 Å². The third-order valence-corrected chi connectivity index (χ3v) is 6.16. The van der Waals surface area contributed by atoms with Gasteiger partial charge in [0.15, 0.2) is 5.96 Å². The number of benzene rings is 1. The van der Waals surface area contributed by atoms with Crippen LogP contribution in [-0.4, -0.2) is 69.2 Å². The van der Waals surface area contributed by atoms with Gasteiger partial charge in [-0.3, -0.25) is 4.90 Å². The van der Waals surface area contributed by atoms with Crippen LogP contribution < -0.4 is 10.6 Å². The number of thiophene rings is 1. The summed E-state index contributed by atoms with van der Waals surface area (Å²) in [5.41, 5.74) is 1.69. The van der Waals surface area contributed by atoms with Crippen LogP contribution in [0.4, 0.5) is 4.39 Å². The Morgan fingerprint density at radius 1 is 1.26 bits per heavy atom. The molecule has 1 atom stereocenters. The zero-order valence-corrected chi connectivity index (χ0v) is 19.6. The van der Waals surface area contributed by atoms with Crippen LogP contribution in [0.3, 0.4) is 0 Å². The molecule has 0 amide bonds. The molecule has 0 radical (unpaired) electrons. The van der Waals surface area contributed by atoms with E-state index >= 15 is 0 Å². The summed E-state index contributed by atoms with van der Waals surface area (Å²) in [6, 6.07) is 9.84. The quantitative estimate of drug-likeness (QED) is 0.457. The van der Waals surface area contributed by atoms with Crippen LogP contribution in [0.1, 0.15) is 29.0 Å². The number of morpholine rings is 1. The van der Waals surface area contributed by atoms with E-state index in [1.54, 1.807) is 11.3 Å². The number of aliphatic imine (C=N–C) groups is 1. The van der Waals surface area contributed by atoms with E-state index in [0.29, 0.717) is 18.7 Å². The number of hydrogen-bond donors (Lipinski definition) is 2. The molecule has 6 nitrogen and oxygen atoms in total. The highest BCUT2D eigenvalue weighted by Crippen LogP contribution is 2.25. The second-order valence-corrected chi connectivity index (χ2v) is 8.90. The molecule has 0 bridgehead atoms. The molecule has 170 valence electrons. The molecule has 0 spiro atoms. The van der Waals surface area contributed by atoms with Crippen LogP contribution >= 0.6 is 11.3 Å². The van der Waals surface area contributed by atoms with Crippen molar-refractivity contribution in [3.8, 4) is 0 Å². The molecule has 2 heterocycles. The minimum Gasteiger partial charge on any atom is -0.379 e. The van der Waals surface area contributed by atoms with Gasteiger partial charge >= 0.3 is 0 Å². The van der Waals surface area contributed by atoms with Crippen molar-refractivity contribution >= 4 is 17.3 Å². The normalized spacial score (nSPS) is 16.5. The molecular formula is C23H34FN5OS. The topological polar surface area (TPSA) is 52.1 Å². The SMILES string of the molecule is CCNC(=NCc1ccc(F)c(CN(C)C)c1)NCC(c1cccs1)N1CCOCC1. The van der Waals surface area contributed by atoms with Crippen molar-refractivity contribution in [2.75, 3.05) is 53.5 Å². The molecule has 31 heavy (non-hydrogen) atoms. The van der Waals surface area contributed by atoms with E-state index in [0.717, 1.165) is 50.9 Å². The number of nitrogens with one attached hydrogen (secondary N) is 2. The van der Waals surface area contributed by atoms with Crippen LogP contribution in [0.5, 0.6) is 0 Å². The van der Waals surface area contributed by atoms with E-state index < -0.39 is 0 Å². The zero-order chi connectivity index (χ0) is 22.1. The number of nitrogens with zero attached hydrogens (tertiary/aromatic N) is 3. The highest BCUT2D eigenvalue weighted by atomic mass is 32.1. The molecule has 2 aromatic rings. The Kier molecular flexibility index (Phi) is 9.27. The summed E-state index contributed by atoms with van der Waals surface area (Å²) in [6.45, 7) is 8.09. The number of hydrogen-bond acceptors (Lipinski definition) is 5. The summed E-state index contributed by atoms with van der Waals surface area (Å²) >= 11 is 1.79. The van der Waals surface area contributed by atoms with Crippen molar-refractivity contribution in [3.63, 3.8) is 0 Å². The average Bonchev–Trinajstić information content (AvgIpc) is 3.29. The zero-order valence-electron chi connectivity index (χ0n) is 18.7. The van der Waals surface area contributed by atoms with Gasteiger partial charge in [0.05, 0.1) is 25.8 Å². The summed E-state index contributed by atoms with van der Waals surface area (Å²) < 4.78 is 19.6. The number of ether oxygens (including phenoxy) is 1. The molecule has 1 unspecified atom stereocenters. The minimum absolute atomic E-state index is 0.171. The summed E-state index contributed by atoms with van der Waals surface area (Å²) in [5, 5.41) is 8.97. The Morgan fingerprint density at radius 2 is 2.06 bits per heavy atom. The van der Waals surface area contributed by atoms with Gasteiger partial charge in [-0.2, -0.15) is 0 Å². The molecule has 0 saturated carbocycles. The van der Waals surface area contributed by atoms with Crippen molar-refractivity contribution in [2.24, 2.45) is 4.99 Å². The van der Waals surface area contributed by atoms with E-state index in [2.05, 4.69) is 40.0 Å². The smallest absolute Gasteiger partial charge is 0.191 e. The Bertz CT molecular complexity index is 821. The fraction of sp³-hybridized carbons (Fsp3) is 0.522. The van der Waals surface area contributed by atoms with Crippen molar-refractivity contribution in [3.05, 3.63) is 57.5 Å². The lowest BCUT2D eigenvalue weighted by Crippen LogP contribution is -2.46. The van der Waals surface area contributed by atoms with Gasteiger partial charge in [-0.15, -0.1) is 11.3 Å². The maximum absolute atomic E-state index is 14.1. The molecule has 1 saturated heterocycles. The number of rotatable bonds is 9. The second kappa shape index (κ2) is 12.1. The molecule has 2 N–H and O–H groups in total. The first-order valence-electron chi connectivity index (χ1n) is 10.9. The van der Waals surface area contributed by atoms with Gasteiger partial charge in [-0.05, 0) is 50.2 Å². The van der Waals surface area contributed by atoms with E-state index in [1.165, 1.54) is 10.9 Å². The van der Waals surface area contributed by atoms with Gasteiger partial charge in [-0.1, -0.05) is 12.1 Å². The second-order valence-electron chi connectivity index (χ2n) is 7.92. The van der Waals surface area contributed by atoms with Gasteiger partial charge < -0.3 is 20.3 Å². The first kappa shape index (κ1) is 23.7. The molecule has 1 aliphatic rings. The summed E-state index contributed by atoms with van der Waals surface area (Å²) in [6.07, 6.45) is 0. The summed E-state index contributed by atoms with van der Waals surface area (Å²) in [4.78, 5) is 10.5. The first-order valence-corrected chi connectivity index (χ1v) is 11.7. The monoisotopic (exact) mass is 447 g/mol. The average molecular weight is 448 g/mol. The van der Waals surface area contributed by atoms with Crippen molar-refractivity contribution in [1.29, 1.82) is 0 Å². The third kappa shape index (κ3) is 7.28. The van der Waals surface area contributed by atoms with Crippen molar-refractivity contribution in [2.45, 2.75) is 26.1 Å². The maximum Gasteiger partial charge on any atom is 0.191 e. The molecule has 0 aliphatic carbocycles. The first-order chi connectivity index (χ1) is 15.1. The Balaban J connectivity index is 1.67. The molecule has 8 heteroatoms. The predicted octanol–water partition coefficient (Wildman–Crippen LogP) is 3.08. The molecule has 1 aromatic heterocycles. The molecular weight excluding hydrogens is 413 g/mol. The fourth-order valence-corrected chi connectivity index (χ4v) is 4.53. The molecule has 1 aliphatic heterocycles. The lowest BCUT2D eigenvalue weighted by Gasteiger charge is -2.34. The summed E-state index contributed by atoms with van der Waals surface area (Å²) in [5.74, 6) is 0.603. The standard InChI is InChI=1S/C23H34FN5OS/c1-4-25-23(26-15-18-7-8-20(24)19(14-18)17-28(2)3)27-16-21(22-6-5-13-31-22)29-9-11-30-12-10-29/h5-8,13-14,21H,4,9-12,15-17H2,1-3H3,(H2,25,26,27). The highest BCUT2D eigenvalue weighted by molar-refractivity contribution is 7.10. The van der Waals surface area contributed by atoms with Gasteiger partial charge in [0.2, 0.25) is 0 Å². The third-order valence-electron chi connectivity index (χ3n) is 5.18. The van der Waals surface area contributed by atoms with Crippen LogP contribution in [0.15, 0.2) is 40.7 Å². The molecule has 1 fully saturated rings. The Labute approximate surface area is 189 Å². The van der Waals surface area contributed by atoms with Crippen molar-refractivity contribution in [1.82, 2.24) is 20.4 Å². The summed E-state index contributed by atoms with van der Waals surface area (Å²) in [7, 11) is 3.88.